The van der Waals surface area contributed by atoms with Crippen LogP contribution in [-0.2, 0) is 16.0 Å². The minimum Gasteiger partial charge on any atom is -0.353 e. The van der Waals surface area contributed by atoms with Gasteiger partial charge in [-0.1, -0.05) is 37.3 Å². The molecule has 1 atom stereocenters. The predicted molar refractivity (Wildman–Crippen MR) is 111 cm³/mol. The third-order valence-electron chi connectivity index (χ3n) is 5.40. The molecular formula is C23H29N3O2. The average Bonchev–Trinajstić information content (AvgIpc) is 3.13. The lowest BCUT2D eigenvalue weighted by molar-refractivity contribution is -0.133. The van der Waals surface area contributed by atoms with E-state index in [0.29, 0.717) is 32.4 Å². The fourth-order valence-electron chi connectivity index (χ4n) is 3.87. The zero-order valence-electron chi connectivity index (χ0n) is 16.9. The fourth-order valence-corrected chi connectivity index (χ4v) is 3.87. The summed E-state index contributed by atoms with van der Waals surface area (Å²) in [5.41, 5.74) is 2.72. The smallest absolute Gasteiger partial charge is 0.228 e. The van der Waals surface area contributed by atoms with E-state index in [4.69, 9.17) is 0 Å². The van der Waals surface area contributed by atoms with Crippen LogP contribution >= 0.6 is 0 Å². The highest BCUT2D eigenvalue weighted by Gasteiger charge is 2.45. The summed E-state index contributed by atoms with van der Waals surface area (Å²) in [6, 6.07) is 12.3. The van der Waals surface area contributed by atoms with E-state index in [-0.39, 0.29) is 17.9 Å². The van der Waals surface area contributed by atoms with Gasteiger partial charge in [-0.3, -0.25) is 14.6 Å². The van der Waals surface area contributed by atoms with Crippen LogP contribution in [0.4, 0.5) is 0 Å². The number of hydrogen-bond donors (Lipinski definition) is 1. The van der Waals surface area contributed by atoms with Crippen LogP contribution in [0, 0.1) is 5.41 Å². The van der Waals surface area contributed by atoms with Crippen molar-refractivity contribution in [3.05, 3.63) is 54.4 Å². The van der Waals surface area contributed by atoms with E-state index in [1.54, 1.807) is 6.20 Å². The first kappa shape index (κ1) is 20.1. The number of nitrogens with zero attached hydrogens (tertiary/aromatic N) is 2. The fraction of sp³-hybridized carbons (Fsp3) is 0.435. The van der Waals surface area contributed by atoms with E-state index in [9.17, 15) is 9.59 Å². The summed E-state index contributed by atoms with van der Waals surface area (Å²) in [6.45, 7) is 6.94. The van der Waals surface area contributed by atoms with Crippen LogP contribution in [-0.4, -0.2) is 40.8 Å². The Bertz CT molecular complexity index is 818. The molecule has 148 valence electrons. The van der Waals surface area contributed by atoms with Gasteiger partial charge < -0.3 is 10.2 Å². The van der Waals surface area contributed by atoms with Crippen LogP contribution in [0.25, 0.3) is 11.1 Å². The highest BCUT2D eigenvalue weighted by atomic mass is 16.2. The number of rotatable bonds is 6. The largest absolute Gasteiger partial charge is 0.353 e. The number of pyridine rings is 1. The Kier molecular flexibility index (Phi) is 6.12. The molecule has 3 rings (SSSR count). The number of likely N-dealkylation sites (tertiary alicyclic amines) is 1. The second-order valence-corrected chi connectivity index (χ2v) is 7.94. The van der Waals surface area contributed by atoms with Crippen molar-refractivity contribution in [2.45, 2.75) is 46.1 Å². The molecule has 1 aromatic heterocycles. The molecule has 0 radical (unpaired) electrons. The highest BCUT2D eigenvalue weighted by Crippen LogP contribution is 2.35. The van der Waals surface area contributed by atoms with Gasteiger partial charge >= 0.3 is 0 Å². The molecule has 1 saturated heterocycles. The topological polar surface area (TPSA) is 62.3 Å². The Morgan fingerprint density at radius 2 is 1.93 bits per heavy atom. The molecule has 1 aromatic carbocycles. The van der Waals surface area contributed by atoms with Gasteiger partial charge in [0.15, 0.2) is 0 Å². The maximum Gasteiger partial charge on any atom is 0.228 e. The number of benzene rings is 1. The molecule has 0 bridgehead atoms. The number of amides is 2. The second-order valence-electron chi connectivity index (χ2n) is 7.94. The molecule has 1 unspecified atom stereocenters. The zero-order valence-corrected chi connectivity index (χ0v) is 16.9. The van der Waals surface area contributed by atoms with Crippen molar-refractivity contribution >= 4 is 11.8 Å². The number of aromatic nitrogens is 1. The van der Waals surface area contributed by atoms with Crippen LogP contribution < -0.4 is 5.32 Å². The van der Waals surface area contributed by atoms with Gasteiger partial charge in [0.05, 0.1) is 5.41 Å². The molecule has 1 fully saturated rings. The molecule has 1 aliphatic heterocycles. The third-order valence-corrected chi connectivity index (χ3v) is 5.40. The van der Waals surface area contributed by atoms with Crippen LogP contribution in [0.5, 0.6) is 0 Å². The molecule has 0 spiro atoms. The summed E-state index contributed by atoms with van der Waals surface area (Å²) in [5, 5.41) is 3.08. The van der Waals surface area contributed by atoms with Gasteiger partial charge in [0, 0.05) is 37.9 Å². The van der Waals surface area contributed by atoms with Crippen LogP contribution in [0.15, 0.2) is 48.8 Å². The summed E-state index contributed by atoms with van der Waals surface area (Å²) in [6.07, 6.45) is 5.41. The first-order valence-corrected chi connectivity index (χ1v) is 10.0. The monoisotopic (exact) mass is 379 g/mol. The van der Waals surface area contributed by atoms with Gasteiger partial charge in [-0.2, -0.15) is 0 Å². The molecular weight excluding hydrogens is 350 g/mol. The zero-order chi connectivity index (χ0) is 20.1. The van der Waals surface area contributed by atoms with Crippen molar-refractivity contribution in [3.8, 4) is 11.1 Å². The van der Waals surface area contributed by atoms with E-state index >= 15 is 0 Å². The standard InChI is InChI=1S/C23H29N3O2/c1-4-21(27)26-13-11-23(16-26,22(28)25-17(2)3)14-18-7-9-19(10-8-18)20-6-5-12-24-15-20/h5-10,12,15,17H,4,11,13-14,16H2,1-3H3,(H,25,28). The van der Waals surface area contributed by atoms with Crippen LogP contribution in [0.1, 0.15) is 39.2 Å². The summed E-state index contributed by atoms with van der Waals surface area (Å²) in [5.74, 6) is 0.163. The third kappa shape index (κ3) is 4.41. The van der Waals surface area contributed by atoms with Crippen molar-refractivity contribution in [1.82, 2.24) is 15.2 Å². The second kappa shape index (κ2) is 8.55. The average molecular weight is 380 g/mol. The molecule has 1 N–H and O–H groups in total. The minimum atomic E-state index is -0.565. The first-order valence-electron chi connectivity index (χ1n) is 10.0. The van der Waals surface area contributed by atoms with Gasteiger partial charge in [-0.05, 0) is 49.4 Å². The van der Waals surface area contributed by atoms with Gasteiger partial charge in [0.2, 0.25) is 11.8 Å². The Balaban J connectivity index is 1.82. The van der Waals surface area contributed by atoms with Crippen molar-refractivity contribution in [3.63, 3.8) is 0 Å². The lowest BCUT2D eigenvalue weighted by Crippen LogP contribution is -2.47. The summed E-state index contributed by atoms with van der Waals surface area (Å²) in [4.78, 5) is 31.3. The molecule has 2 aromatic rings. The summed E-state index contributed by atoms with van der Waals surface area (Å²) >= 11 is 0. The first-order chi connectivity index (χ1) is 13.4. The highest BCUT2D eigenvalue weighted by molar-refractivity contribution is 5.86. The molecule has 28 heavy (non-hydrogen) atoms. The SMILES string of the molecule is CCC(=O)N1CCC(Cc2ccc(-c3cccnc3)cc2)(C(=O)NC(C)C)C1. The molecule has 5 nitrogen and oxygen atoms in total. The van der Waals surface area contributed by atoms with E-state index in [2.05, 4.69) is 34.6 Å². The van der Waals surface area contributed by atoms with E-state index in [1.807, 2.05) is 44.0 Å². The molecule has 5 heteroatoms. The van der Waals surface area contributed by atoms with Crippen molar-refractivity contribution in [2.24, 2.45) is 5.41 Å². The van der Waals surface area contributed by atoms with Crippen LogP contribution in [0.3, 0.4) is 0 Å². The summed E-state index contributed by atoms with van der Waals surface area (Å²) < 4.78 is 0. The van der Waals surface area contributed by atoms with E-state index in [0.717, 1.165) is 16.7 Å². The predicted octanol–water partition coefficient (Wildman–Crippen LogP) is 3.44. The normalized spacial score (nSPS) is 19.1. The molecule has 0 saturated carbocycles. The number of carbonyl (C=O) groups excluding carboxylic acids is 2. The Morgan fingerprint density at radius 1 is 1.18 bits per heavy atom. The van der Waals surface area contributed by atoms with Crippen LogP contribution in [0.2, 0.25) is 0 Å². The Labute approximate surface area is 167 Å². The molecule has 2 heterocycles. The van der Waals surface area contributed by atoms with Crippen molar-refractivity contribution in [2.75, 3.05) is 13.1 Å². The van der Waals surface area contributed by atoms with E-state index in [1.165, 1.54) is 0 Å². The molecule has 0 aliphatic carbocycles. The quantitative estimate of drug-likeness (QED) is 0.836. The number of carbonyl (C=O) groups is 2. The van der Waals surface area contributed by atoms with Crippen molar-refractivity contribution in [1.29, 1.82) is 0 Å². The number of nitrogens with one attached hydrogen (secondary N) is 1. The molecule has 1 aliphatic rings. The lowest BCUT2D eigenvalue weighted by Gasteiger charge is -2.29. The Hall–Kier alpha value is -2.69. The molecule has 2 amide bonds. The maximum atomic E-state index is 13.1. The Morgan fingerprint density at radius 3 is 2.54 bits per heavy atom. The number of hydrogen-bond acceptors (Lipinski definition) is 3. The van der Waals surface area contributed by atoms with E-state index < -0.39 is 5.41 Å². The van der Waals surface area contributed by atoms with Gasteiger partial charge in [0.1, 0.15) is 0 Å². The van der Waals surface area contributed by atoms with Gasteiger partial charge in [0.25, 0.3) is 0 Å². The van der Waals surface area contributed by atoms with Gasteiger partial charge in [-0.15, -0.1) is 0 Å². The maximum absolute atomic E-state index is 13.1. The summed E-state index contributed by atoms with van der Waals surface area (Å²) in [7, 11) is 0. The minimum absolute atomic E-state index is 0.0465. The lowest BCUT2D eigenvalue weighted by atomic mass is 9.79. The van der Waals surface area contributed by atoms with Gasteiger partial charge in [-0.25, -0.2) is 0 Å². The van der Waals surface area contributed by atoms with Crippen molar-refractivity contribution < 1.29 is 9.59 Å².